The molecule has 5 nitrogen and oxygen atoms in total. The number of nitrogens with one attached hydrogen (secondary N) is 1. The van der Waals surface area contributed by atoms with E-state index in [0.717, 1.165) is 27.7 Å². The zero-order valence-electron chi connectivity index (χ0n) is 17.5. The van der Waals surface area contributed by atoms with E-state index in [2.05, 4.69) is 15.5 Å². The molecule has 5 aromatic rings. The van der Waals surface area contributed by atoms with Crippen LogP contribution in [-0.4, -0.2) is 26.4 Å². The van der Waals surface area contributed by atoms with Gasteiger partial charge in [0.15, 0.2) is 11.0 Å². The van der Waals surface area contributed by atoms with Crippen LogP contribution >= 0.6 is 23.4 Å². The van der Waals surface area contributed by atoms with Gasteiger partial charge in [0.2, 0.25) is 5.91 Å². The van der Waals surface area contributed by atoms with Gasteiger partial charge < -0.3 is 5.32 Å². The first-order valence-electron chi connectivity index (χ1n) is 10.4. The summed E-state index contributed by atoms with van der Waals surface area (Å²) in [6.45, 7) is 0. The Labute approximate surface area is 200 Å². The van der Waals surface area contributed by atoms with Gasteiger partial charge in [0, 0.05) is 27.3 Å². The molecule has 0 aliphatic carbocycles. The van der Waals surface area contributed by atoms with E-state index in [1.54, 1.807) is 0 Å². The number of carbonyl (C=O) groups is 1. The number of halogens is 1. The molecule has 5 rings (SSSR count). The minimum absolute atomic E-state index is 0.108. The third-order valence-electron chi connectivity index (χ3n) is 5.13. The summed E-state index contributed by atoms with van der Waals surface area (Å²) >= 11 is 7.54. The van der Waals surface area contributed by atoms with Crippen molar-refractivity contribution in [1.82, 2.24) is 14.8 Å². The van der Waals surface area contributed by atoms with Crippen LogP contribution in [0.2, 0.25) is 5.02 Å². The lowest BCUT2D eigenvalue weighted by Crippen LogP contribution is -2.14. The fourth-order valence-corrected chi connectivity index (χ4v) is 4.58. The number of hydrogen-bond acceptors (Lipinski definition) is 4. The van der Waals surface area contributed by atoms with E-state index in [-0.39, 0.29) is 11.7 Å². The molecule has 0 bridgehead atoms. The summed E-state index contributed by atoms with van der Waals surface area (Å²) in [5.74, 6) is 0.757. The average molecular weight is 471 g/mol. The van der Waals surface area contributed by atoms with Crippen molar-refractivity contribution in [3.05, 3.63) is 102 Å². The minimum atomic E-state index is -0.108. The molecule has 0 unspecified atom stereocenters. The summed E-state index contributed by atoms with van der Waals surface area (Å²) in [4.78, 5) is 12.8. The molecule has 0 atom stereocenters. The number of aromatic nitrogens is 3. The second-order valence-corrected chi connectivity index (χ2v) is 8.73. The van der Waals surface area contributed by atoms with Crippen LogP contribution in [0.1, 0.15) is 0 Å². The van der Waals surface area contributed by atoms with Crippen molar-refractivity contribution < 1.29 is 4.79 Å². The fraction of sp³-hybridized carbons (Fsp3) is 0.0385. The summed E-state index contributed by atoms with van der Waals surface area (Å²) < 4.78 is 1.95. The van der Waals surface area contributed by atoms with Gasteiger partial charge in [0.25, 0.3) is 0 Å². The molecule has 1 heterocycles. The van der Waals surface area contributed by atoms with E-state index in [0.29, 0.717) is 16.0 Å². The van der Waals surface area contributed by atoms with Crippen molar-refractivity contribution in [2.75, 3.05) is 11.1 Å². The SMILES string of the molecule is O=C(CSc1nnc(-c2cccc(Cl)c2)n1-c1ccccc1)Nc1cccc2ccccc12. The Morgan fingerprint density at radius 3 is 2.48 bits per heavy atom. The Bertz CT molecular complexity index is 1430. The molecular formula is C26H19ClN4OS. The molecule has 1 aromatic heterocycles. The lowest BCUT2D eigenvalue weighted by atomic mass is 10.1. The molecule has 0 aliphatic heterocycles. The van der Waals surface area contributed by atoms with Gasteiger partial charge in [-0.3, -0.25) is 9.36 Å². The van der Waals surface area contributed by atoms with Crippen LogP contribution < -0.4 is 5.32 Å². The predicted octanol–water partition coefficient (Wildman–Crippen LogP) is 6.47. The molecule has 0 spiro atoms. The fourth-order valence-electron chi connectivity index (χ4n) is 3.64. The van der Waals surface area contributed by atoms with Gasteiger partial charge in [-0.2, -0.15) is 0 Å². The van der Waals surface area contributed by atoms with E-state index >= 15 is 0 Å². The van der Waals surface area contributed by atoms with E-state index in [1.807, 2.05) is 102 Å². The number of nitrogens with zero attached hydrogens (tertiary/aromatic N) is 3. The number of fused-ring (bicyclic) bond motifs is 1. The van der Waals surface area contributed by atoms with Gasteiger partial charge in [-0.1, -0.05) is 90.1 Å². The van der Waals surface area contributed by atoms with Crippen molar-refractivity contribution in [3.63, 3.8) is 0 Å². The quantitative estimate of drug-likeness (QED) is 0.289. The Morgan fingerprint density at radius 2 is 1.64 bits per heavy atom. The molecule has 7 heteroatoms. The first kappa shape index (κ1) is 21.2. The van der Waals surface area contributed by atoms with E-state index in [9.17, 15) is 4.79 Å². The van der Waals surface area contributed by atoms with E-state index in [4.69, 9.17) is 11.6 Å². The number of amides is 1. The highest BCUT2D eigenvalue weighted by molar-refractivity contribution is 7.99. The summed E-state index contributed by atoms with van der Waals surface area (Å²) in [6, 6.07) is 31.2. The molecular weight excluding hydrogens is 452 g/mol. The molecule has 0 fully saturated rings. The maximum absolute atomic E-state index is 12.8. The molecule has 162 valence electrons. The second kappa shape index (κ2) is 9.48. The average Bonchev–Trinajstić information content (AvgIpc) is 3.28. The summed E-state index contributed by atoms with van der Waals surface area (Å²) in [5.41, 5.74) is 2.56. The van der Waals surface area contributed by atoms with Crippen LogP contribution in [0.3, 0.4) is 0 Å². The van der Waals surface area contributed by atoms with E-state index < -0.39 is 0 Å². The highest BCUT2D eigenvalue weighted by Gasteiger charge is 2.17. The van der Waals surface area contributed by atoms with Crippen LogP contribution in [0.5, 0.6) is 0 Å². The van der Waals surface area contributed by atoms with Crippen LogP contribution in [-0.2, 0) is 4.79 Å². The van der Waals surface area contributed by atoms with Crippen molar-refractivity contribution in [1.29, 1.82) is 0 Å². The molecule has 4 aromatic carbocycles. The standard InChI is InChI=1S/C26H19ClN4OS/c27-20-11-6-10-19(16-20)25-29-30-26(31(25)21-12-2-1-3-13-21)33-17-24(32)28-23-15-7-9-18-8-4-5-14-22(18)23/h1-16H,17H2,(H,28,32). The predicted molar refractivity (Wildman–Crippen MR) is 135 cm³/mol. The smallest absolute Gasteiger partial charge is 0.234 e. The number of hydrogen-bond donors (Lipinski definition) is 1. The van der Waals surface area contributed by atoms with E-state index in [1.165, 1.54) is 11.8 Å². The molecule has 33 heavy (non-hydrogen) atoms. The van der Waals surface area contributed by atoms with Crippen molar-refractivity contribution in [2.24, 2.45) is 0 Å². The number of benzene rings is 4. The largest absolute Gasteiger partial charge is 0.325 e. The van der Waals surface area contributed by atoms with Crippen molar-refractivity contribution >= 4 is 45.7 Å². The third kappa shape index (κ3) is 4.62. The number of rotatable bonds is 6. The summed E-state index contributed by atoms with van der Waals surface area (Å²) in [7, 11) is 0. The van der Waals surface area contributed by atoms with Gasteiger partial charge in [-0.15, -0.1) is 10.2 Å². The zero-order chi connectivity index (χ0) is 22.6. The Hall–Kier alpha value is -3.61. The van der Waals surface area contributed by atoms with Gasteiger partial charge >= 0.3 is 0 Å². The molecule has 0 saturated heterocycles. The second-order valence-electron chi connectivity index (χ2n) is 7.35. The lowest BCUT2D eigenvalue weighted by Gasteiger charge is -2.11. The monoisotopic (exact) mass is 470 g/mol. The Morgan fingerprint density at radius 1 is 0.879 bits per heavy atom. The zero-order valence-corrected chi connectivity index (χ0v) is 19.1. The number of anilines is 1. The highest BCUT2D eigenvalue weighted by Crippen LogP contribution is 2.29. The maximum atomic E-state index is 12.8. The maximum Gasteiger partial charge on any atom is 0.234 e. The topological polar surface area (TPSA) is 59.8 Å². The number of carbonyl (C=O) groups excluding carboxylic acids is 1. The molecule has 0 aliphatic rings. The number of para-hydroxylation sites is 1. The van der Waals surface area contributed by atoms with Crippen molar-refractivity contribution in [3.8, 4) is 17.1 Å². The third-order valence-corrected chi connectivity index (χ3v) is 6.29. The van der Waals surface area contributed by atoms with Gasteiger partial charge in [-0.25, -0.2) is 0 Å². The van der Waals surface area contributed by atoms with Crippen LogP contribution in [0, 0.1) is 0 Å². The van der Waals surface area contributed by atoms with Crippen LogP contribution in [0.25, 0.3) is 27.8 Å². The van der Waals surface area contributed by atoms with Crippen molar-refractivity contribution in [2.45, 2.75) is 5.16 Å². The molecule has 0 radical (unpaired) electrons. The summed E-state index contributed by atoms with van der Waals surface area (Å²) in [5, 5.41) is 15.2. The first-order chi connectivity index (χ1) is 16.2. The first-order valence-corrected chi connectivity index (χ1v) is 11.7. The van der Waals surface area contributed by atoms with Gasteiger partial charge in [-0.05, 0) is 35.7 Å². The Kier molecular flexibility index (Phi) is 6.11. The molecule has 1 amide bonds. The summed E-state index contributed by atoms with van der Waals surface area (Å²) in [6.07, 6.45) is 0. The van der Waals surface area contributed by atoms with Gasteiger partial charge in [0.1, 0.15) is 0 Å². The normalized spacial score (nSPS) is 10.9. The lowest BCUT2D eigenvalue weighted by molar-refractivity contribution is -0.113. The molecule has 1 N–H and O–H groups in total. The number of thioether (sulfide) groups is 1. The highest BCUT2D eigenvalue weighted by atomic mass is 35.5. The van der Waals surface area contributed by atoms with Crippen LogP contribution in [0.4, 0.5) is 5.69 Å². The molecule has 0 saturated carbocycles. The van der Waals surface area contributed by atoms with Gasteiger partial charge in [0.05, 0.1) is 5.75 Å². The minimum Gasteiger partial charge on any atom is -0.325 e. The Balaban J connectivity index is 1.41. The van der Waals surface area contributed by atoms with Crippen LogP contribution in [0.15, 0.2) is 102 Å².